The summed E-state index contributed by atoms with van der Waals surface area (Å²) in [6, 6.07) is 0. The molecule has 7 nitrogen and oxygen atoms in total. The van der Waals surface area contributed by atoms with Crippen molar-refractivity contribution in [3.05, 3.63) is 0 Å². The van der Waals surface area contributed by atoms with E-state index in [2.05, 4.69) is 9.47 Å². The summed E-state index contributed by atoms with van der Waals surface area (Å²) < 4.78 is 33.2. The van der Waals surface area contributed by atoms with E-state index in [1.807, 2.05) is 0 Å². The smallest absolute Gasteiger partial charge is 0.321 e. The highest BCUT2D eigenvalue weighted by atomic mass is 35.5. The van der Waals surface area contributed by atoms with E-state index in [4.69, 9.17) is 11.6 Å². The number of hydrogen-bond donors (Lipinski definition) is 0. The molecule has 0 aliphatic heterocycles. The van der Waals surface area contributed by atoms with Gasteiger partial charge in [-0.25, -0.2) is 8.42 Å². The molecule has 0 aromatic carbocycles. The molecule has 9 heteroatoms. The molecule has 0 unspecified atom stereocenters. The molecule has 18 heavy (non-hydrogen) atoms. The van der Waals surface area contributed by atoms with Crippen LogP contribution in [0.4, 0.5) is 0 Å². The predicted octanol–water partition coefficient (Wildman–Crippen LogP) is -0.407. The fourth-order valence-corrected chi connectivity index (χ4v) is 2.70. The van der Waals surface area contributed by atoms with Gasteiger partial charge in [-0.15, -0.1) is 11.6 Å². The first-order valence-electron chi connectivity index (χ1n) is 5.04. The van der Waals surface area contributed by atoms with Gasteiger partial charge in [-0.1, -0.05) is 0 Å². The van der Waals surface area contributed by atoms with Gasteiger partial charge < -0.3 is 9.47 Å². The third kappa shape index (κ3) is 6.18. The molecule has 0 aliphatic carbocycles. The Morgan fingerprint density at radius 2 is 1.56 bits per heavy atom. The van der Waals surface area contributed by atoms with Gasteiger partial charge in [0.15, 0.2) is 0 Å². The SMILES string of the molecule is COC(=O)CN(CC(=O)OC)S(=O)(=O)CCCCl. The molecule has 0 fully saturated rings. The van der Waals surface area contributed by atoms with Crippen LogP contribution in [0.1, 0.15) is 6.42 Å². The van der Waals surface area contributed by atoms with E-state index in [0.717, 1.165) is 18.5 Å². The summed E-state index contributed by atoms with van der Waals surface area (Å²) >= 11 is 5.41. The molecule has 106 valence electrons. The van der Waals surface area contributed by atoms with Gasteiger partial charge in [0.25, 0.3) is 0 Å². The van der Waals surface area contributed by atoms with Gasteiger partial charge in [0.05, 0.1) is 20.0 Å². The predicted molar refractivity (Wildman–Crippen MR) is 64.7 cm³/mol. The van der Waals surface area contributed by atoms with E-state index in [1.165, 1.54) is 0 Å². The van der Waals surface area contributed by atoms with Gasteiger partial charge in [-0.3, -0.25) is 9.59 Å². The Morgan fingerprint density at radius 3 is 1.89 bits per heavy atom. The molecule has 0 aromatic heterocycles. The maximum Gasteiger partial charge on any atom is 0.321 e. The van der Waals surface area contributed by atoms with E-state index in [0.29, 0.717) is 0 Å². The second-order valence-electron chi connectivity index (χ2n) is 3.28. The number of methoxy groups -OCH3 is 2. The molecular formula is C9H16ClNO6S. The van der Waals surface area contributed by atoms with Gasteiger partial charge in [0.1, 0.15) is 13.1 Å². The number of halogens is 1. The lowest BCUT2D eigenvalue weighted by atomic mass is 10.6. The fourth-order valence-electron chi connectivity index (χ4n) is 1.04. The number of esters is 2. The minimum absolute atomic E-state index is 0.170. The van der Waals surface area contributed by atoms with Crippen molar-refractivity contribution >= 4 is 33.6 Å². The Hall–Kier alpha value is -0.860. The molecule has 0 aromatic rings. The third-order valence-corrected chi connectivity index (χ3v) is 4.11. The monoisotopic (exact) mass is 301 g/mol. The van der Waals surface area contributed by atoms with Crippen LogP contribution in [0.3, 0.4) is 0 Å². The Morgan fingerprint density at radius 1 is 1.11 bits per heavy atom. The first-order chi connectivity index (χ1) is 8.37. The van der Waals surface area contributed by atoms with Crippen molar-refractivity contribution in [1.29, 1.82) is 0 Å². The van der Waals surface area contributed by atoms with Gasteiger partial charge in [0.2, 0.25) is 10.0 Å². The van der Waals surface area contributed by atoms with Crippen LogP contribution in [0.5, 0.6) is 0 Å². The van der Waals surface area contributed by atoms with E-state index in [-0.39, 0.29) is 18.1 Å². The highest BCUT2D eigenvalue weighted by Crippen LogP contribution is 2.05. The molecule has 0 saturated carbocycles. The molecule has 0 spiro atoms. The Bertz CT molecular complexity index is 365. The standard InChI is InChI=1S/C9H16ClNO6S/c1-16-8(12)6-11(7-9(13)17-2)18(14,15)5-3-4-10/h3-7H2,1-2H3. The highest BCUT2D eigenvalue weighted by molar-refractivity contribution is 7.89. The Balaban J connectivity index is 4.83. The van der Waals surface area contributed by atoms with Crippen LogP contribution >= 0.6 is 11.6 Å². The molecule has 0 rings (SSSR count). The molecule has 0 atom stereocenters. The molecule has 0 aliphatic rings. The maximum absolute atomic E-state index is 11.8. The summed E-state index contributed by atoms with van der Waals surface area (Å²) in [5.41, 5.74) is 0. The molecule has 0 heterocycles. The summed E-state index contributed by atoms with van der Waals surface area (Å²) in [6.45, 7) is -1.06. The van der Waals surface area contributed by atoms with Crippen molar-refractivity contribution in [3.8, 4) is 0 Å². The van der Waals surface area contributed by atoms with Crippen molar-refractivity contribution < 1.29 is 27.5 Å². The minimum atomic E-state index is -3.75. The van der Waals surface area contributed by atoms with Gasteiger partial charge >= 0.3 is 11.9 Å². The average molecular weight is 302 g/mol. The summed E-state index contributed by atoms with van der Waals surface area (Å²) in [6.07, 6.45) is 0.225. The van der Waals surface area contributed by atoms with E-state index < -0.39 is 35.1 Å². The minimum Gasteiger partial charge on any atom is -0.468 e. The third-order valence-electron chi connectivity index (χ3n) is 2.00. The quantitative estimate of drug-likeness (QED) is 0.447. The van der Waals surface area contributed by atoms with E-state index in [9.17, 15) is 18.0 Å². The lowest BCUT2D eigenvalue weighted by Crippen LogP contribution is -2.41. The van der Waals surface area contributed by atoms with Crippen molar-refractivity contribution in [2.75, 3.05) is 38.9 Å². The van der Waals surface area contributed by atoms with Crippen LogP contribution in [0.25, 0.3) is 0 Å². The van der Waals surface area contributed by atoms with Crippen LogP contribution in [-0.4, -0.2) is 63.6 Å². The number of carbonyl (C=O) groups excluding carboxylic acids is 2. The van der Waals surface area contributed by atoms with Crippen LogP contribution in [0, 0.1) is 0 Å². The zero-order valence-corrected chi connectivity index (χ0v) is 11.8. The second kappa shape index (κ2) is 8.28. The van der Waals surface area contributed by atoms with Crippen molar-refractivity contribution in [1.82, 2.24) is 4.31 Å². The second-order valence-corrected chi connectivity index (χ2v) is 5.75. The normalized spacial score (nSPS) is 11.3. The number of rotatable bonds is 8. The molecule has 0 bridgehead atoms. The molecule has 0 radical (unpaired) electrons. The van der Waals surface area contributed by atoms with Gasteiger partial charge in [0, 0.05) is 5.88 Å². The first-order valence-corrected chi connectivity index (χ1v) is 7.19. The zero-order chi connectivity index (χ0) is 14.2. The largest absolute Gasteiger partial charge is 0.468 e. The number of sulfonamides is 1. The van der Waals surface area contributed by atoms with E-state index >= 15 is 0 Å². The van der Waals surface area contributed by atoms with Crippen LogP contribution in [-0.2, 0) is 29.1 Å². The summed E-state index contributed by atoms with van der Waals surface area (Å²) in [5, 5.41) is 0. The summed E-state index contributed by atoms with van der Waals surface area (Å²) in [4.78, 5) is 22.2. The molecule has 0 amide bonds. The van der Waals surface area contributed by atoms with Gasteiger partial charge in [-0.05, 0) is 6.42 Å². The topological polar surface area (TPSA) is 90.0 Å². The zero-order valence-electron chi connectivity index (χ0n) is 10.2. The van der Waals surface area contributed by atoms with E-state index in [1.54, 1.807) is 0 Å². The van der Waals surface area contributed by atoms with Gasteiger partial charge in [-0.2, -0.15) is 4.31 Å². The van der Waals surface area contributed by atoms with Crippen LogP contribution in [0.15, 0.2) is 0 Å². The fraction of sp³-hybridized carbons (Fsp3) is 0.778. The summed E-state index contributed by atoms with van der Waals surface area (Å²) in [5.74, 6) is -1.59. The Labute approximate surface area is 111 Å². The number of alkyl halides is 1. The number of ether oxygens (including phenoxy) is 2. The number of hydrogen-bond acceptors (Lipinski definition) is 6. The Kier molecular flexibility index (Phi) is 7.88. The first kappa shape index (κ1) is 17.1. The average Bonchev–Trinajstić information content (AvgIpc) is 2.34. The summed E-state index contributed by atoms with van der Waals surface area (Å²) in [7, 11) is -1.49. The maximum atomic E-state index is 11.8. The van der Waals surface area contributed by atoms with Crippen molar-refractivity contribution in [2.24, 2.45) is 0 Å². The molecule has 0 N–H and O–H groups in total. The van der Waals surface area contributed by atoms with Crippen molar-refractivity contribution in [2.45, 2.75) is 6.42 Å². The van der Waals surface area contributed by atoms with Crippen LogP contribution < -0.4 is 0 Å². The molecular weight excluding hydrogens is 286 g/mol. The van der Waals surface area contributed by atoms with Crippen molar-refractivity contribution in [3.63, 3.8) is 0 Å². The number of carbonyl (C=O) groups is 2. The highest BCUT2D eigenvalue weighted by Gasteiger charge is 2.27. The lowest BCUT2D eigenvalue weighted by molar-refractivity contribution is -0.143. The van der Waals surface area contributed by atoms with Crippen LogP contribution in [0.2, 0.25) is 0 Å². The number of nitrogens with zero attached hydrogens (tertiary/aromatic N) is 1. The molecule has 0 saturated heterocycles. The lowest BCUT2D eigenvalue weighted by Gasteiger charge is -2.19.